The maximum Gasteiger partial charge on any atom is 0.740 e. The Morgan fingerprint density at radius 2 is 1.28 bits per heavy atom. The van der Waals surface area contributed by atoms with Crippen molar-refractivity contribution in [3.8, 4) is 11.5 Å². The minimum Gasteiger partial charge on any atom is -0.601 e. The molecule has 0 aromatic heterocycles. The van der Waals surface area contributed by atoms with Crippen LogP contribution < -0.4 is 14.1 Å². The van der Waals surface area contributed by atoms with E-state index in [1.165, 1.54) is 4.81 Å². The molecule has 3 aliphatic rings. The van der Waals surface area contributed by atoms with Crippen molar-refractivity contribution in [2.75, 3.05) is 6.54 Å². The van der Waals surface area contributed by atoms with E-state index in [0.29, 0.717) is 0 Å². The first-order valence-electron chi connectivity index (χ1n) is 10.5. The van der Waals surface area contributed by atoms with Crippen molar-refractivity contribution in [1.82, 2.24) is 0 Å². The van der Waals surface area contributed by atoms with Gasteiger partial charge >= 0.3 is 6.89 Å². The van der Waals surface area contributed by atoms with Crippen LogP contribution in [0.15, 0.2) is 84.9 Å². The normalized spacial score (nSPS) is 27.8. The highest BCUT2D eigenvalue weighted by atomic mass is 16.8. The summed E-state index contributed by atoms with van der Waals surface area (Å²) in [6.45, 7) is 1.27. The van der Waals surface area contributed by atoms with Gasteiger partial charge in [-0.15, -0.1) is 0 Å². The van der Waals surface area contributed by atoms with Crippen molar-refractivity contribution in [2.45, 2.75) is 30.9 Å². The van der Waals surface area contributed by atoms with Crippen LogP contribution >= 0.6 is 0 Å². The Morgan fingerprint density at radius 3 is 1.83 bits per heavy atom. The lowest BCUT2D eigenvalue weighted by Gasteiger charge is -2.43. The summed E-state index contributed by atoms with van der Waals surface area (Å²) < 4.78 is 20.1. The van der Waals surface area contributed by atoms with Gasteiger partial charge in [0.25, 0.3) is 0 Å². The zero-order chi connectivity index (χ0) is 19.5. The molecule has 3 aliphatic heterocycles. The monoisotopic (exact) mass is 385 g/mol. The third-order valence-corrected chi connectivity index (χ3v) is 7.14. The van der Waals surface area contributed by atoms with Crippen molar-refractivity contribution in [2.24, 2.45) is 0 Å². The van der Waals surface area contributed by atoms with Crippen LogP contribution in [0, 0.1) is 0 Å². The van der Waals surface area contributed by atoms with Crippen LogP contribution in [0.1, 0.15) is 30.9 Å². The number of quaternary nitrogens is 1. The number of fused-ring (bicyclic) bond motifs is 3. The SMILES string of the molecule is C[C@@]12CCC[NH+]1[B-]1(Oc3ccccc3O1)OC2(c1ccccc1)c1ccccc1. The fraction of sp³-hybridized carbons (Fsp3) is 0.250. The molecular formula is C24H24BNO3. The van der Waals surface area contributed by atoms with Gasteiger partial charge < -0.3 is 18.8 Å². The summed E-state index contributed by atoms with van der Waals surface area (Å²) >= 11 is 0. The molecule has 146 valence electrons. The van der Waals surface area contributed by atoms with E-state index in [1.54, 1.807) is 0 Å². The summed E-state index contributed by atoms with van der Waals surface area (Å²) in [6.07, 6.45) is 2.15. The van der Waals surface area contributed by atoms with E-state index in [1.807, 2.05) is 24.3 Å². The van der Waals surface area contributed by atoms with Gasteiger partial charge in [-0.05, 0) is 36.6 Å². The van der Waals surface area contributed by atoms with Crippen LogP contribution in [-0.4, -0.2) is 19.0 Å². The fourth-order valence-corrected chi connectivity index (χ4v) is 5.95. The molecule has 0 bridgehead atoms. The van der Waals surface area contributed by atoms with Gasteiger partial charge in [0, 0.05) is 13.0 Å². The van der Waals surface area contributed by atoms with E-state index in [2.05, 4.69) is 67.6 Å². The van der Waals surface area contributed by atoms with E-state index in [4.69, 9.17) is 14.0 Å². The molecular weight excluding hydrogens is 361 g/mol. The number of rotatable bonds is 2. The summed E-state index contributed by atoms with van der Waals surface area (Å²) in [5.41, 5.74) is 1.44. The Hall–Kier alpha value is -2.76. The van der Waals surface area contributed by atoms with E-state index in [-0.39, 0.29) is 5.54 Å². The molecule has 2 fully saturated rings. The molecule has 2 saturated heterocycles. The number of benzene rings is 3. The first-order chi connectivity index (χ1) is 14.2. The van der Waals surface area contributed by atoms with Crippen molar-refractivity contribution >= 4 is 6.89 Å². The van der Waals surface area contributed by atoms with Gasteiger partial charge in [0.1, 0.15) is 17.1 Å². The fourth-order valence-electron chi connectivity index (χ4n) is 5.95. The highest BCUT2D eigenvalue weighted by molar-refractivity contribution is 6.55. The van der Waals surface area contributed by atoms with Crippen LogP contribution in [0.5, 0.6) is 11.5 Å². The summed E-state index contributed by atoms with van der Waals surface area (Å²) in [5, 5.41) is 0. The molecule has 3 heterocycles. The molecule has 6 rings (SSSR count). The second-order valence-corrected chi connectivity index (χ2v) is 8.57. The lowest BCUT2D eigenvalue weighted by molar-refractivity contribution is -0.848. The number of para-hydroxylation sites is 2. The van der Waals surface area contributed by atoms with Gasteiger partial charge in [-0.3, -0.25) is 0 Å². The highest BCUT2D eigenvalue weighted by Gasteiger charge is 2.76. The van der Waals surface area contributed by atoms with Crippen molar-refractivity contribution in [3.05, 3.63) is 96.1 Å². The third kappa shape index (κ3) is 2.12. The zero-order valence-corrected chi connectivity index (χ0v) is 16.5. The molecule has 4 nitrogen and oxygen atoms in total. The Labute approximate surface area is 171 Å². The Balaban J connectivity index is 1.60. The summed E-state index contributed by atoms with van der Waals surface area (Å²) in [6, 6.07) is 29.0. The molecule has 1 N–H and O–H groups in total. The Morgan fingerprint density at radius 1 is 0.759 bits per heavy atom. The molecule has 1 spiro atoms. The standard InChI is InChI=1S/C24H24BNO3/c1-23-17-10-18-26(23)25(27-21-15-8-9-16-22(21)28-25)29-24(23,19-11-4-2-5-12-19)20-13-6-3-7-14-20/h2-9,11-16,26H,10,17-18H2,1H3/t23-/m0/s1. The van der Waals surface area contributed by atoms with Crippen LogP contribution in [0.2, 0.25) is 0 Å². The molecule has 29 heavy (non-hydrogen) atoms. The summed E-state index contributed by atoms with van der Waals surface area (Å²) in [4.78, 5) is 1.27. The predicted octanol–water partition coefficient (Wildman–Crippen LogP) is 3.30. The second kappa shape index (κ2) is 5.88. The van der Waals surface area contributed by atoms with Crippen LogP contribution in [0.4, 0.5) is 0 Å². The molecule has 1 unspecified atom stereocenters. The topological polar surface area (TPSA) is 32.1 Å². The molecule has 0 aliphatic carbocycles. The Kier molecular flexibility index (Phi) is 3.47. The van der Waals surface area contributed by atoms with Crippen molar-refractivity contribution in [1.29, 1.82) is 0 Å². The first kappa shape index (κ1) is 17.1. The van der Waals surface area contributed by atoms with Gasteiger partial charge in [-0.2, -0.15) is 0 Å². The average molecular weight is 385 g/mol. The molecule has 5 heteroatoms. The van der Waals surface area contributed by atoms with Gasteiger partial charge in [0.05, 0.1) is 5.54 Å². The largest absolute Gasteiger partial charge is 0.740 e. The Bertz CT molecular complexity index is 993. The molecule has 2 atom stereocenters. The van der Waals surface area contributed by atoms with Gasteiger partial charge in [-0.1, -0.05) is 72.8 Å². The number of nitrogens with one attached hydrogen (secondary N) is 1. The molecule has 3 aromatic carbocycles. The lowest BCUT2D eigenvalue weighted by Crippen LogP contribution is -3.27. The second-order valence-electron chi connectivity index (χ2n) is 8.57. The van der Waals surface area contributed by atoms with Gasteiger partial charge in [0.2, 0.25) is 0 Å². The first-order valence-corrected chi connectivity index (χ1v) is 10.5. The molecule has 0 radical (unpaired) electrons. The zero-order valence-electron chi connectivity index (χ0n) is 16.5. The van der Waals surface area contributed by atoms with Gasteiger partial charge in [-0.25, -0.2) is 0 Å². The van der Waals surface area contributed by atoms with Gasteiger partial charge in [0.15, 0.2) is 0 Å². The summed E-state index contributed by atoms with van der Waals surface area (Å²) in [5.74, 6) is 1.54. The highest BCUT2D eigenvalue weighted by Crippen LogP contribution is 2.52. The van der Waals surface area contributed by atoms with Crippen molar-refractivity contribution < 1.29 is 18.8 Å². The van der Waals surface area contributed by atoms with E-state index in [0.717, 1.165) is 42.0 Å². The average Bonchev–Trinajstić information content (AvgIpc) is 3.40. The van der Waals surface area contributed by atoms with E-state index >= 15 is 0 Å². The summed E-state index contributed by atoms with van der Waals surface area (Å²) in [7, 11) is 0. The number of hydrogen-bond acceptors (Lipinski definition) is 3. The smallest absolute Gasteiger partial charge is 0.601 e. The van der Waals surface area contributed by atoms with Crippen LogP contribution in [0.3, 0.4) is 0 Å². The van der Waals surface area contributed by atoms with Crippen LogP contribution in [-0.2, 0) is 10.3 Å². The van der Waals surface area contributed by atoms with Crippen molar-refractivity contribution in [3.63, 3.8) is 0 Å². The predicted molar refractivity (Wildman–Crippen MR) is 112 cm³/mol. The van der Waals surface area contributed by atoms with E-state index < -0.39 is 12.5 Å². The molecule has 0 amide bonds. The molecule has 3 aromatic rings. The van der Waals surface area contributed by atoms with Crippen LogP contribution in [0.25, 0.3) is 0 Å². The third-order valence-electron chi connectivity index (χ3n) is 7.14. The molecule has 0 saturated carbocycles. The minimum absolute atomic E-state index is 0.211. The minimum atomic E-state index is -2.03. The van der Waals surface area contributed by atoms with E-state index in [9.17, 15) is 0 Å². The lowest BCUT2D eigenvalue weighted by atomic mass is 9.70. The maximum absolute atomic E-state index is 7.10. The quantitative estimate of drug-likeness (QED) is 0.687. The number of hydrogen-bond donors (Lipinski definition) is 1. The maximum atomic E-state index is 7.10.